The van der Waals surface area contributed by atoms with Gasteiger partial charge in [-0.1, -0.05) is 0 Å². The molecule has 0 amide bonds. The van der Waals surface area contributed by atoms with Crippen LogP contribution in [0, 0.1) is 0 Å². The quantitative estimate of drug-likeness (QED) is 0.922. The summed E-state index contributed by atoms with van der Waals surface area (Å²) in [4.78, 5) is 11.8. The Kier molecular flexibility index (Phi) is 3.44. The summed E-state index contributed by atoms with van der Waals surface area (Å²) in [6.45, 7) is 3.05. The Morgan fingerprint density at radius 3 is 2.50 bits per heavy atom. The number of hydrogen-bond acceptors (Lipinski definition) is 5. The van der Waals surface area contributed by atoms with E-state index in [9.17, 15) is 8.78 Å². The second kappa shape index (κ2) is 5.40. The van der Waals surface area contributed by atoms with Crippen molar-refractivity contribution < 1.29 is 8.78 Å². The van der Waals surface area contributed by atoms with E-state index in [0.29, 0.717) is 5.82 Å². The fourth-order valence-corrected chi connectivity index (χ4v) is 2.26. The molecule has 0 spiro atoms. The lowest BCUT2D eigenvalue weighted by Gasteiger charge is -2.35. The van der Waals surface area contributed by atoms with E-state index in [4.69, 9.17) is 0 Å². The average molecular weight is 280 g/mol. The third kappa shape index (κ3) is 2.54. The number of halogens is 2. The highest BCUT2D eigenvalue weighted by Gasteiger charge is 2.20. The molecule has 0 radical (unpaired) electrons. The number of aromatic amines is 1. The molecule has 0 aromatic carbocycles. The molecule has 1 fully saturated rings. The average Bonchev–Trinajstić information content (AvgIpc) is 3.02. The summed E-state index contributed by atoms with van der Waals surface area (Å²) in [6, 6.07) is 1.36. The van der Waals surface area contributed by atoms with E-state index in [0.717, 1.165) is 31.9 Å². The predicted octanol–water partition coefficient (Wildman–Crippen LogP) is 1.46. The zero-order valence-electron chi connectivity index (χ0n) is 10.7. The number of hydrogen-bond donors (Lipinski definition) is 1. The van der Waals surface area contributed by atoms with Gasteiger partial charge in [-0.15, -0.1) is 0 Å². The van der Waals surface area contributed by atoms with Crippen molar-refractivity contribution in [3.8, 4) is 0 Å². The Morgan fingerprint density at radius 2 is 1.85 bits per heavy atom. The fraction of sp³-hybridized carbons (Fsp3) is 0.417. The standard InChI is InChI=1S/C12H14F2N6/c13-12(14)10-5-11(16-8-15-10)20-3-1-19(2-4-20)9-6-17-18-7-9/h5-8,12H,1-4H2,(H,17,18). The van der Waals surface area contributed by atoms with Gasteiger partial charge in [-0.2, -0.15) is 5.10 Å². The first kappa shape index (κ1) is 12.8. The van der Waals surface area contributed by atoms with Crippen LogP contribution in [0.15, 0.2) is 24.8 Å². The van der Waals surface area contributed by atoms with Crippen molar-refractivity contribution in [1.82, 2.24) is 20.2 Å². The smallest absolute Gasteiger partial charge is 0.280 e. The topological polar surface area (TPSA) is 60.9 Å². The molecule has 0 bridgehead atoms. The zero-order valence-corrected chi connectivity index (χ0v) is 10.7. The van der Waals surface area contributed by atoms with E-state index < -0.39 is 6.43 Å². The second-order valence-electron chi connectivity index (χ2n) is 4.53. The molecule has 1 aliphatic rings. The van der Waals surface area contributed by atoms with Gasteiger partial charge in [-0.05, 0) is 0 Å². The molecule has 6 nitrogen and oxygen atoms in total. The van der Waals surface area contributed by atoms with Crippen LogP contribution in [0.2, 0.25) is 0 Å². The fourth-order valence-electron chi connectivity index (χ4n) is 2.26. The lowest BCUT2D eigenvalue weighted by molar-refractivity contribution is 0.146. The number of rotatable bonds is 3. The Labute approximate surface area is 114 Å². The van der Waals surface area contributed by atoms with Crippen molar-refractivity contribution >= 4 is 11.5 Å². The van der Waals surface area contributed by atoms with Gasteiger partial charge in [0.25, 0.3) is 6.43 Å². The molecule has 20 heavy (non-hydrogen) atoms. The van der Waals surface area contributed by atoms with Crippen molar-refractivity contribution in [2.45, 2.75) is 6.43 Å². The summed E-state index contributed by atoms with van der Waals surface area (Å²) in [5.74, 6) is 0.558. The van der Waals surface area contributed by atoms with E-state index in [1.54, 1.807) is 6.20 Å². The monoisotopic (exact) mass is 280 g/mol. The molecule has 0 aliphatic carbocycles. The molecule has 2 aromatic heterocycles. The highest BCUT2D eigenvalue weighted by molar-refractivity contribution is 5.46. The Bertz CT molecular complexity index is 551. The summed E-state index contributed by atoms with van der Waals surface area (Å²) in [6.07, 6.45) is 2.24. The van der Waals surface area contributed by atoms with Gasteiger partial charge in [0.05, 0.1) is 11.9 Å². The molecule has 106 valence electrons. The second-order valence-corrected chi connectivity index (χ2v) is 4.53. The van der Waals surface area contributed by atoms with E-state index in [2.05, 4.69) is 25.1 Å². The van der Waals surface area contributed by atoms with Crippen LogP contribution in [0.5, 0.6) is 0 Å². The van der Waals surface area contributed by atoms with Gasteiger partial charge >= 0.3 is 0 Å². The first-order valence-corrected chi connectivity index (χ1v) is 6.33. The van der Waals surface area contributed by atoms with Crippen LogP contribution in [-0.2, 0) is 0 Å². The number of H-pyrrole nitrogens is 1. The highest BCUT2D eigenvalue weighted by atomic mass is 19.3. The van der Waals surface area contributed by atoms with Crippen LogP contribution in [0.25, 0.3) is 0 Å². The molecule has 1 N–H and O–H groups in total. The maximum atomic E-state index is 12.6. The van der Waals surface area contributed by atoms with E-state index in [1.165, 1.54) is 12.4 Å². The minimum absolute atomic E-state index is 0.229. The van der Waals surface area contributed by atoms with Gasteiger partial charge in [0.1, 0.15) is 17.8 Å². The van der Waals surface area contributed by atoms with Crippen molar-refractivity contribution in [2.75, 3.05) is 36.0 Å². The van der Waals surface area contributed by atoms with Crippen LogP contribution in [0.1, 0.15) is 12.1 Å². The lowest BCUT2D eigenvalue weighted by Crippen LogP contribution is -2.46. The molecular formula is C12H14F2N6. The number of aromatic nitrogens is 4. The van der Waals surface area contributed by atoms with Gasteiger partial charge < -0.3 is 9.80 Å². The van der Waals surface area contributed by atoms with Crippen molar-refractivity contribution in [1.29, 1.82) is 0 Å². The Hall–Kier alpha value is -2.25. The molecule has 3 heterocycles. The SMILES string of the molecule is FC(F)c1cc(N2CCN(c3cn[nH]c3)CC2)ncn1. The zero-order chi connectivity index (χ0) is 13.9. The summed E-state index contributed by atoms with van der Waals surface area (Å²) in [5.41, 5.74) is 0.813. The molecule has 8 heteroatoms. The highest BCUT2D eigenvalue weighted by Crippen LogP contribution is 2.22. The summed E-state index contributed by atoms with van der Waals surface area (Å²) >= 11 is 0. The van der Waals surface area contributed by atoms with Crippen LogP contribution in [0.4, 0.5) is 20.3 Å². The maximum absolute atomic E-state index is 12.6. The Morgan fingerprint density at radius 1 is 1.10 bits per heavy atom. The van der Waals surface area contributed by atoms with Gasteiger partial charge in [-0.25, -0.2) is 18.7 Å². The molecular weight excluding hydrogens is 266 g/mol. The van der Waals surface area contributed by atoms with Crippen molar-refractivity contribution in [2.24, 2.45) is 0 Å². The molecule has 1 aliphatic heterocycles. The van der Waals surface area contributed by atoms with E-state index >= 15 is 0 Å². The molecule has 1 saturated heterocycles. The lowest BCUT2D eigenvalue weighted by atomic mass is 10.3. The summed E-state index contributed by atoms with van der Waals surface area (Å²) in [7, 11) is 0. The van der Waals surface area contributed by atoms with Gasteiger partial charge in [-0.3, -0.25) is 5.10 Å². The van der Waals surface area contributed by atoms with Crippen LogP contribution in [-0.4, -0.2) is 46.3 Å². The minimum atomic E-state index is -2.57. The third-order valence-electron chi connectivity index (χ3n) is 3.35. The molecule has 0 unspecified atom stereocenters. The predicted molar refractivity (Wildman–Crippen MR) is 70.0 cm³/mol. The molecule has 0 saturated carbocycles. The first-order valence-electron chi connectivity index (χ1n) is 6.33. The van der Waals surface area contributed by atoms with E-state index in [1.807, 2.05) is 11.1 Å². The number of nitrogens with one attached hydrogen (secondary N) is 1. The maximum Gasteiger partial charge on any atom is 0.280 e. The van der Waals surface area contributed by atoms with Crippen molar-refractivity contribution in [3.05, 3.63) is 30.5 Å². The number of nitrogens with zero attached hydrogens (tertiary/aromatic N) is 5. The first-order chi connectivity index (χ1) is 9.74. The van der Waals surface area contributed by atoms with Gasteiger partial charge in [0.2, 0.25) is 0 Å². The molecule has 3 rings (SSSR count). The van der Waals surface area contributed by atoms with Crippen LogP contribution in [0.3, 0.4) is 0 Å². The number of piperazine rings is 1. The number of anilines is 2. The van der Waals surface area contributed by atoms with Crippen molar-refractivity contribution in [3.63, 3.8) is 0 Å². The van der Waals surface area contributed by atoms with Gasteiger partial charge in [0, 0.05) is 38.4 Å². The van der Waals surface area contributed by atoms with Gasteiger partial charge in [0.15, 0.2) is 0 Å². The summed E-state index contributed by atoms with van der Waals surface area (Å²) in [5, 5.41) is 6.70. The molecule has 2 aromatic rings. The largest absolute Gasteiger partial charge is 0.365 e. The summed E-state index contributed by atoms with van der Waals surface area (Å²) < 4.78 is 25.3. The Balaban J connectivity index is 1.67. The van der Waals surface area contributed by atoms with Crippen LogP contribution < -0.4 is 9.80 Å². The van der Waals surface area contributed by atoms with E-state index in [-0.39, 0.29) is 5.69 Å². The third-order valence-corrected chi connectivity index (χ3v) is 3.35. The molecule has 0 atom stereocenters. The minimum Gasteiger partial charge on any atom is -0.365 e. The normalized spacial score (nSPS) is 15.9. The number of alkyl halides is 2. The van der Waals surface area contributed by atoms with Crippen LogP contribution >= 0.6 is 0 Å².